The first-order valence-corrected chi connectivity index (χ1v) is 3.35. The maximum atomic E-state index is 12.0. The minimum atomic E-state index is -4.39. The van der Waals surface area contributed by atoms with Crippen LogP contribution < -0.4 is 0 Å². The lowest BCUT2D eigenvalue weighted by molar-refractivity contribution is -0.141. The van der Waals surface area contributed by atoms with Crippen molar-refractivity contribution in [1.82, 2.24) is 4.98 Å². The number of halogens is 3. The van der Waals surface area contributed by atoms with Crippen LogP contribution in [0.1, 0.15) is 11.3 Å². The Morgan fingerprint density at radius 1 is 1.31 bits per heavy atom. The van der Waals surface area contributed by atoms with Crippen LogP contribution in [0.3, 0.4) is 0 Å². The standard InChI is InChI=1S/C9H5F3N/c1-2-3-7-4-5-8(13-6-7)9(10,11)12/h4-6H,1H2. The predicted octanol–water partition coefficient (Wildman–Crippen LogP) is 2.29. The van der Waals surface area contributed by atoms with Gasteiger partial charge < -0.3 is 0 Å². The van der Waals surface area contributed by atoms with Crippen molar-refractivity contribution in [3.63, 3.8) is 0 Å². The molecule has 0 saturated carbocycles. The third-order valence-corrected chi connectivity index (χ3v) is 1.29. The third-order valence-electron chi connectivity index (χ3n) is 1.29. The zero-order valence-corrected chi connectivity index (χ0v) is 6.52. The summed E-state index contributed by atoms with van der Waals surface area (Å²) in [6, 6.07) is 2.15. The van der Waals surface area contributed by atoms with Crippen LogP contribution in [0.5, 0.6) is 0 Å². The van der Waals surface area contributed by atoms with E-state index in [9.17, 15) is 13.2 Å². The molecule has 0 aliphatic carbocycles. The van der Waals surface area contributed by atoms with Gasteiger partial charge in [0.15, 0.2) is 0 Å². The van der Waals surface area contributed by atoms with Gasteiger partial charge in [-0.3, -0.25) is 4.98 Å². The van der Waals surface area contributed by atoms with E-state index in [1.165, 1.54) is 6.07 Å². The first-order chi connectivity index (χ1) is 6.04. The Morgan fingerprint density at radius 2 is 2.00 bits per heavy atom. The van der Waals surface area contributed by atoms with Crippen molar-refractivity contribution in [1.29, 1.82) is 0 Å². The molecule has 0 unspecified atom stereocenters. The van der Waals surface area contributed by atoms with Crippen molar-refractivity contribution >= 4 is 0 Å². The second-order valence-corrected chi connectivity index (χ2v) is 2.23. The largest absolute Gasteiger partial charge is 0.433 e. The fraction of sp³-hybridized carbons (Fsp3) is 0.111. The first kappa shape index (κ1) is 9.59. The summed E-state index contributed by atoms with van der Waals surface area (Å²) in [5.74, 6) is 4.82. The number of rotatable bonds is 0. The molecule has 13 heavy (non-hydrogen) atoms. The Kier molecular flexibility index (Phi) is 2.57. The monoisotopic (exact) mass is 184 g/mol. The zero-order valence-electron chi connectivity index (χ0n) is 6.52. The fourth-order valence-electron chi connectivity index (χ4n) is 0.738. The Labute approximate surface area is 73.6 Å². The van der Waals surface area contributed by atoms with Crippen molar-refractivity contribution in [3.8, 4) is 11.8 Å². The van der Waals surface area contributed by atoms with Gasteiger partial charge in [-0.05, 0) is 12.1 Å². The van der Waals surface area contributed by atoms with E-state index < -0.39 is 11.9 Å². The minimum Gasteiger partial charge on any atom is -0.250 e. The van der Waals surface area contributed by atoms with Crippen molar-refractivity contribution < 1.29 is 13.2 Å². The van der Waals surface area contributed by atoms with Gasteiger partial charge in [0, 0.05) is 18.7 Å². The molecule has 0 aliphatic rings. The van der Waals surface area contributed by atoms with Gasteiger partial charge in [0.1, 0.15) is 5.69 Å². The normalized spacial score (nSPS) is 10.5. The van der Waals surface area contributed by atoms with E-state index in [0.717, 1.165) is 12.3 Å². The van der Waals surface area contributed by atoms with E-state index >= 15 is 0 Å². The first-order valence-electron chi connectivity index (χ1n) is 3.35. The molecule has 0 N–H and O–H groups in total. The molecule has 0 saturated heterocycles. The molecule has 1 radical (unpaired) electrons. The van der Waals surface area contributed by atoms with Gasteiger partial charge in [0.05, 0.1) is 0 Å². The van der Waals surface area contributed by atoms with Crippen molar-refractivity contribution in [2.24, 2.45) is 0 Å². The summed E-state index contributed by atoms with van der Waals surface area (Å²) in [5.41, 5.74) is -0.495. The van der Waals surface area contributed by atoms with Crippen molar-refractivity contribution in [2.75, 3.05) is 0 Å². The highest BCUT2D eigenvalue weighted by Crippen LogP contribution is 2.26. The Morgan fingerprint density at radius 3 is 2.38 bits per heavy atom. The lowest BCUT2D eigenvalue weighted by atomic mass is 10.2. The maximum absolute atomic E-state index is 12.0. The summed E-state index contributed by atoms with van der Waals surface area (Å²) < 4.78 is 36.0. The van der Waals surface area contributed by atoms with Crippen LogP contribution in [0.4, 0.5) is 13.2 Å². The smallest absolute Gasteiger partial charge is 0.250 e. The highest BCUT2D eigenvalue weighted by atomic mass is 19.4. The maximum Gasteiger partial charge on any atom is 0.433 e. The molecule has 0 fully saturated rings. The molecule has 1 nitrogen and oxygen atoms in total. The average molecular weight is 184 g/mol. The van der Waals surface area contributed by atoms with E-state index in [1.807, 2.05) is 0 Å². The van der Waals surface area contributed by atoms with Crippen LogP contribution in [-0.2, 0) is 6.18 Å². The molecule has 4 heteroatoms. The molecule has 0 spiro atoms. The minimum absolute atomic E-state index is 0.419. The van der Waals surface area contributed by atoms with Gasteiger partial charge in [-0.2, -0.15) is 13.2 Å². The van der Waals surface area contributed by atoms with Crippen molar-refractivity contribution in [2.45, 2.75) is 6.18 Å². The molecular formula is C9H5F3N. The molecule has 67 valence electrons. The molecule has 0 atom stereocenters. The van der Waals surface area contributed by atoms with Gasteiger partial charge in [-0.1, -0.05) is 11.8 Å². The molecule has 0 bridgehead atoms. The Balaban J connectivity index is 2.98. The summed E-state index contributed by atoms with van der Waals surface area (Å²) in [4.78, 5) is 3.21. The number of nitrogens with zero attached hydrogens (tertiary/aromatic N) is 1. The quantitative estimate of drug-likeness (QED) is 0.563. The van der Waals surface area contributed by atoms with Crippen LogP contribution in [0.25, 0.3) is 0 Å². The van der Waals surface area contributed by atoms with Gasteiger partial charge in [0.2, 0.25) is 0 Å². The highest BCUT2D eigenvalue weighted by molar-refractivity contribution is 5.33. The summed E-state index contributed by atoms with van der Waals surface area (Å²) in [6.45, 7) is 3.24. The Bertz CT molecular complexity index is 340. The van der Waals surface area contributed by atoms with E-state index in [-0.39, 0.29) is 0 Å². The third kappa shape index (κ3) is 2.48. The molecule has 0 amide bonds. The SMILES string of the molecule is [CH2]C#Cc1ccc(C(F)(F)F)nc1. The van der Waals surface area contributed by atoms with Crippen LogP contribution in [0, 0.1) is 18.8 Å². The summed E-state index contributed by atoms with van der Waals surface area (Å²) in [6.07, 6.45) is -3.32. The summed E-state index contributed by atoms with van der Waals surface area (Å²) >= 11 is 0. The second-order valence-electron chi connectivity index (χ2n) is 2.23. The number of pyridine rings is 1. The number of hydrogen-bond acceptors (Lipinski definition) is 1. The number of hydrogen-bond donors (Lipinski definition) is 0. The average Bonchev–Trinajstić information content (AvgIpc) is 2.04. The number of aromatic nitrogens is 1. The van der Waals surface area contributed by atoms with Crippen molar-refractivity contribution in [3.05, 3.63) is 36.5 Å². The lowest BCUT2D eigenvalue weighted by Gasteiger charge is -2.03. The fourth-order valence-corrected chi connectivity index (χ4v) is 0.738. The zero-order chi connectivity index (χ0) is 9.90. The van der Waals surface area contributed by atoms with E-state index in [2.05, 4.69) is 23.7 Å². The molecule has 1 heterocycles. The van der Waals surface area contributed by atoms with Gasteiger partial charge in [-0.15, -0.1) is 0 Å². The molecule has 1 aromatic rings. The molecule has 1 rings (SSSR count). The van der Waals surface area contributed by atoms with E-state index in [0.29, 0.717) is 5.56 Å². The van der Waals surface area contributed by atoms with E-state index in [4.69, 9.17) is 0 Å². The van der Waals surface area contributed by atoms with Gasteiger partial charge in [-0.25, -0.2) is 0 Å². The topological polar surface area (TPSA) is 12.9 Å². The van der Waals surface area contributed by atoms with Gasteiger partial charge >= 0.3 is 6.18 Å². The van der Waals surface area contributed by atoms with Crippen LogP contribution in [-0.4, -0.2) is 4.98 Å². The highest BCUT2D eigenvalue weighted by Gasteiger charge is 2.31. The summed E-state index contributed by atoms with van der Waals surface area (Å²) in [5, 5.41) is 0. The van der Waals surface area contributed by atoms with E-state index in [1.54, 1.807) is 0 Å². The summed E-state index contributed by atoms with van der Waals surface area (Å²) in [7, 11) is 0. The molecule has 1 aromatic heterocycles. The second kappa shape index (κ2) is 3.48. The molecule has 0 aromatic carbocycles. The number of alkyl halides is 3. The van der Waals surface area contributed by atoms with Gasteiger partial charge in [0.25, 0.3) is 0 Å². The molecular weight excluding hydrogens is 179 g/mol. The lowest BCUT2D eigenvalue weighted by Crippen LogP contribution is -2.07. The predicted molar refractivity (Wildman–Crippen MR) is 41.5 cm³/mol. The Hall–Kier alpha value is -1.50. The van der Waals surface area contributed by atoms with Crippen LogP contribution in [0.15, 0.2) is 18.3 Å². The van der Waals surface area contributed by atoms with Crippen LogP contribution >= 0.6 is 0 Å². The molecule has 0 aliphatic heterocycles. The van der Waals surface area contributed by atoms with Crippen LogP contribution in [0.2, 0.25) is 0 Å².